The van der Waals surface area contributed by atoms with E-state index in [4.69, 9.17) is 17.2 Å². The van der Waals surface area contributed by atoms with E-state index in [1.807, 2.05) is 25.1 Å². The number of nitrogens with two attached hydrogens (primary N) is 3. The Kier molecular flexibility index (Phi) is 37.8. The Morgan fingerprint density at radius 1 is 0.368 bits per heavy atom. The maximum Gasteiger partial charge on any atom is 0.326 e. The van der Waals surface area contributed by atoms with Crippen LogP contribution in [0.15, 0.2) is 109 Å². The van der Waals surface area contributed by atoms with Crippen molar-refractivity contribution in [3.63, 3.8) is 0 Å². The third-order valence-corrected chi connectivity index (χ3v) is 19.7. The fraction of sp³-hybridized carbons (Fsp3) is 0.463. The molecule has 6 aromatic rings. The van der Waals surface area contributed by atoms with Gasteiger partial charge in [0.25, 0.3) is 0 Å². The normalized spacial score (nSPS) is 14.2. The van der Waals surface area contributed by atoms with Crippen molar-refractivity contribution >= 4 is 110 Å². The number of fused-ring (bicyclic) bond motifs is 2. The molecule has 12 atom stereocenters. The Balaban J connectivity index is 0.986. The number of hydrogen-bond acceptors (Lipinski definition) is 20. The predicted molar refractivity (Wildman–Crippen MR) is 432 cm³/mol. The number of hydrogen-bond donors (Lipinski definition) is 22. The standard InChI is InChI=1S/C80H111N19O18/c1-7-44(3)69(83)78(114)91-46(5)71(107)95-62(35-50-37-84-56-19-11-9-17-54(50)56)76(112)97-60(33-48-23-27-52(100)28-24-48)74(110)93-58(21-13-15-31-81)73(109)90-42-67(105)88-40-65(103)86-39-64(102)87-41-66(104)89-43-68(106)99-70(45(4)8-2)79(115)92-47(6)72(108)96-63(36-51-38-85-57-20-12-10-18-55(51)57)77(113)98-61(34-49-25-29-53(101)30-26-49)75(111)94-59(80(116)117)22-14-16-32-82/h9-12,17-20,23-30,37-38,44-47,58-63,69-70,84-85,100-101H,7-8,13-16,21-22,31-36,39-43,81-83H2,1-6H3,(H,86,103)(H,87,102)(H,88,105)(H,89,104)(H,90,109)(H,91,114)(H,92,115)(H,93,110)(H,94,111)(H,95,107)(H,96,108)(H,97,112)(H,98,113)(H,99,106)(H,116,117)/t44-,45-,46-,47-,58-,59-,60-,61-,62-,63-,69-,70-/m0/s1. The highest BCUT2D eigenvalue weighted by Gasteiger charge is 2.36. The summed E-state index contributed by atoms with van der Waals surface area (Å²) in [6.07, 6.45) is 5.35. The van der Waals surface area contributed by atoms with E-state index in [0.29, 0.717) is 78.2 Å². The lowest BCUT2D eigenvalue weighted by Crippen LogP contribution is -2.59. The number of unbranched alkanes of at least 4 members (excludes halogenated alkanes) is 2. The SMILES string of the molecule is CC[C@H](C)[C@H](N)C(=O)N[C@@H](C)C(=O)N[C@@H](Cc1c[nH]c2ccccc12)C(=O)N[C@@H](Cc1ccc(O)cc1)C(=O)N[C@@H](CCCCN)C(=O)NCC(=O)NCC(=O)NCC(=O)NCC(=O)NCC(=O)N[C@H](C(=O)N[C@@H](C)C(=O)N[C@@H](Cc1c[nH]c2ccccc12)C(=O)N[C@@H](Cc1ccc(O)cc1)C(=O)N[C@@H](CCCCN)C(=O)O)[C@@H](C)CC. The van der Waals surface area contributed by atoms with E-state index in [9.17, 15) is 87.2 Å². The van der Waals surface area contributed by atoms with Gasteiger partial charge in [0.05, 0.1) is 38.8 Å². The van der Waals surface area contributed by atoms with Gasteiger partial charge in [0.1, 0.15) is 65.9 Å². The minimum absolute atomic E-state index is 0.00871. The van der Waals surface area contributed by atoms with Gasteiger partial charge in [-0.25, -0.2) is 4.79 Å². The molecule has 0 aliphatic rings. The van der Waals surface area contributed by atoms with E-state index in [-0.39, 0.29) is 62.5 Å². The van der Waals surface area contributed by atoms with Gasteiger partial charge in [-0.1, -0.05) is 101 Å². The number of carboxylic acid groups (broad SMARTS) is 1. The third-order valence-electron chi connectivity index (χ3n) is 19.7. The van der Waals surface area contributed by atoms with Gasteiger partial charge in [-0.3, -0.25) is 67.1 Å². The van der Waals surface area contributed by atoms with Crippen molar-refractivity contribution in [2.45, 2.75) is 179 Å². The van der Waals surface area contributed by atoms with Crippen molar-refractivity contribution in [1.29, 1.82) is 0 Å². The molecule has 37 nitrogen and oxygen atoms in total. The molecule has 14 amide bonds. The van der Waals surface area contributed by atoms with Crippen molar-refractivity contribution in [1.82, 2.24) is 84.4 Å². The number of benzene rings is 4. The van der Waals surface area contributed by atoms with Gasteiger partial charge in [-0.05, 0) is 136 Å². The molecule has 2 heterocycles. The van der Waals surface area contributed by atoms with Gasteiger partial charge in [0.15, 0.2) is 0 Å². The van der Waals surface area contributed by atoms with Gasteiger partial charge in [0, 0.05) is 59.9 Å². The molecule has 117 heavy (non-hydrogen) atoms. The summed E-state index contributed by atoms with van der Waals surface area (Å²) in [6.45, 7) is 6.90. The van der Waals surface area contributed by atoms with Crippen molar-refractivity contribution in [3.8, 4) is 11.5 Å². The number of rotatable bonds is 49. The lowest BCUT2D eigenvalue weighted by Gasteiger charge is -2.27. The minimum Gasteiger partial charge on any atom is -0.508 e. The zero-order chi connectivity index (χ0) is 85.8. The zero-order valence-electron chi connectivity index (χ0n) is 66.5. The Hall–Kier alpha value is -12.5. The van der Waals surface area contributed by atoms with E-state index in [2.05, 4.69) is 84.4 Å². The molecule has 2 aromatic heterocycles. The van der Waals surface area contributed by atoms with Crippen LogP contribution in [-0.4, -0.2) is 220 Å². The molecule has 0 bridgehead atoms. The van der Waals surface area contributed by atoms with Crippen LogP contribution in [-0.2, 0) is 97.6 Å². The van der Waals surface area contributed by atoms with Crippen LogP contribution in [0.3, 0.4) is 0 Å². The number of phenols is 2. The van der Waals surface area contributed by atoms with Gasteiger partial charge in [0.2, 0.25) is 82.7 Å². The number of phenolic OH excluding ortho intramolecular Hbond substituents is 2. The predicted octanol–water partition coefficient (Wildman–Crippen LogP) is -1.92. The number of carbonyl (C=O) groups is 15. The fourth-order valence-corrected chi connectivity index (χ4v) is 12.2. The maximum atomic E-state index is 14.6. The second-order valence-electron chi connectivity index (χ2n) is 28.8. The lowest BCUT2D eigenvalue weighted by atomic mass is 9.98. The molecule has 634 valence electrons. The number of aromatic amines is 2. The first-order valence-electron chi connectivity index (χ1n) is 38.9. The summed E-state index contributed by atoms with van der Waals surface area (Å²) in [5, 5.41) is 66.8. The van der Waals surface area contributed by atoms with Crippen molar-refractivity contribution in [3.05, 3.63) is 132 Å². The number of aromatic hydroxyl groups is 2. The molecule has 0 aliphatic heterocycles. The van der Waals surface area contributed by atoms with E-state index in [1.54, 1.807) is 63.5 Å². The second-order valence-corrected chi connectivity index (χ2v) is 28.8. The smallest absolute Gasteiger partial charge is 0.326 e. The molecule has 4 aromatic carbocycles. The molecule has 0 saturated heterocycles. The number of carbonyl (C=O) groups excluding carboxylic acids is 14. The van der Waals surface area contributed by atoms with Crippen LogP contribution in [0.2, 0.25) is 0 Å². The summed E-state index contributed by atoms with van der Waals surface area (Å²) < 4.78 is 0. The zero-order valence-corrected chi connectivity index (χ0v) is 66.5. The van der Waals surface area contributed by atoms with E-state index in [1.165, 1.54) is 62.4 Å². The summed E-state index contributed by atoms with van der Waals surface area (Å²) in [7, 11) is 0. The quantitative estimate of drug-likeness (QED) is 0.0185. The largest absolute Gasteiger partial charge is 0.508 e. The summed E-state index contributed by atoms with van der Waals surface area (Å²) in [6, 6.07) is 13.0. The number of aliphatic carboxylic acids is 1. The highest BCUT2D eigenvalue weighted by molar-refractivity contribution is 6.00. The maximum absolute atomic E-state index is 14.6. The summed E-state index contributed by atoms with van der Waals surface area (Å²) in [4.78, 5) is 210. The van der Waals surface area contributed by atoms with Gasteiger partial charge in [-0.2, -0.15) is 0 Å². The average Bonchev–Trinajstić information content (AvgIpc) is 1.69. The topological polar surface area (TPSA) is 595 Å². The van der Waals surface area contributed by atoms with Crippen molar-refractivity contribution < 1.29 is 87.2 Å². The molecule has 0 spiro atoms. The van der Waals surface area contributed by atoms with Gasteiger partial charge < -0.3 is 117 Å². The van der Waals surface area contributed by atoms with E-state index < -0.39 is 188 Å². The number of aromatic nitrogens is 2. The van der Waals surface area contributed by atoms with E-state index >= 15 is 0 Å². The molecule has 25 N–H and O–H groups in total. The van der Waals surface area contributed by atoms with Gasteiger partial charge >= 0.3 is 5.97 Å². The monoisotopic (exact) mass is 1630 g/mol. The molecule has 0 unspecified atom stereocenters. The number of H-pyrrole nitrogens is 2. The molecule has 0 radical (unpaired) electrons. The van der Waals surface area contributed by atoms with Crippen LogP contribution in [0.1, 0.15) is 115 Å². The van der Waals surface area contributed by atoms with Crippen LogP contribution in [0.4, 0.5) is 0 Å². The Bertz CT molecular complexity index is 4400. The van der Waals surface area contributed by atoms with Crippen LogP contribution < -0.4 is 91.6 Å². The molecule has 37 heteroatoms. The molecule has 0 fully saturated rings. The first-order valence-corrected chi connectivity index (χ1v) is 38.9. The number of carboxylic acids is 1. The first kappa shape index (κ1) is 93.4. The minimum atomic E-state index is -1.43. The summed E-state index contributed by atoms with van der Waals surface area (Å²) >= 11 is 0. The van der Waals surface area contributed by atoms with Gasteiger partial charge in [-0.15, -0.1) is 0 Å². The summed E-state index contributed by atoms with van der Waals surface area (Å²) in [5.74, 6) is -13.7. The number of amides is 14. The van der Waals surface area contributed by atoms with E-state index in [0.717, 1.165) is 10.9 Å². The fourth-order valence-electron chi connectivity index (χ4n) is 12.2. The number of nitrogens with one attached hydrogen (secondary N) is 16. The number of para-hydroxylation sites is 2. The highest BCUT2D eigenvalue weighted by atomic mass is 16.4. The van der Waals surface area contributed by atoms with Crippen LogP contribution in [0, 0.1) is 11.8 Å². The van der Waals surface area contributed by atoms with Crippen molar-refractivity contribution in [2.24, 2.45) is 29.0 Å². The third kappa shape index (κ3) is 30.7. The Labute approximate surface area is 676 Å². The summed E-state index contributed by atoms with van der Waals surface area (Å²) in [5.41, 5.74) is 21.2. The first-order chi connectivity index (χ1) is 55.8. The highest BCUT2D eigenvalue weighted by Crippen LogP contribution is 2.23. The second kappa shape index (κ2) is 47.4. The van der Waals surface area contributed by atoms with Crippen LogP contribution in [0.5, 0.6) is 11.5 Å². The lowest BCUT2D eigenvalue weighted by molar-refractivity contribution is -0.142. The molecular weight excluding hydrogens is 1510 g/mol. The molecule has 6 rings (SSSR count). The molecule has 0 aliphatic carbocycles. The van der Waals surface area contributed by atoms with Crippen molar-refractivity contribution in [2.75, 3.05) is 45.8 Å². The van der Waals surface area contributed by atoms with Crippen LogP contribution >= 0.6 is 0 Å². The Morgan fingerprint density at radius 2 is 0.718 bits per heavy atom. The average molecular weight is 1630 g/mol. The molecular formula is C80H111N19O18. The molecule has 0 saturated carbocycles. The Morgan fingerprint density at radius 3 is 1.12 bits per heavy atom. The van der Waals surface area contributed by atoms with Crippen LogP contribution in [0.25, 0.3) is 21.8 Å².